The summed E-state index contributed by atoms with van der Waals surface area (Å²) in [5.74, 6) is 0.383. The summed E-state index contributed by atoms with van der Waals surface area (Å²) in [5.41, 5.74) is 0.775. The third-order valence-corrected chi connectivity index (χ3v) is 5.48. The van der Waals surface area contributed by atoms with E-state index >= 15 is 0 Å². The maximum absolute atomic E-state index is 11.8. The number of methoxy groups -OCH3 is 1. The minimum Gasteiger partial charge on any atom is -0.463 e. The van der Waals surface area contributed by atoms with E-state index in [1.807, 2.05) is 11.4 Å². The first-order valence-electron chi connectivity index (χ1n) is 7.36. The Morgan fingerprint density at radius 1 is 1.21 bits per heavy atom. The molecular weight excluding hydrogens is 348 g/mol. The predicted octanol–water partition coefficient (Wildman–Crippen LogP) is 1.66. The van der Waals surface area contributed by atoms with Gasteiger partial charge in [-0.3, -0.25) is 0 Å². The van der Waals surface area contributed by atoms with Gasteiger partial charge in [-0.15, -0.1) is 11.3 Å². The van der Waals surface area contributed by atoms with E-state index in [0.717, 1.165) is 47.3 Å². The molecule has 4 rings (SSSR count). The minimum atomic E-state index is -0.517. The fourth-order valence-electron chi connectivity index (χ4n) is 2.66. The van der Waals surface area contributed by atoms with Crippen LogP contribution < -0.4 is 9.80 Å². The summed E-state index contributed by atoms with van der Waals surface area (Å²) in [4.78, 5) is 29.2. The Hall–Kier alpha value is -2.33. The van der Waals surface area contributed by atoms with Gasteiger partial charge >= 0.3 is 5.97 Å². The molecule has 0 unspecified atom stereocenters. The first-order valence-corrected chi connectivity index (χ1v) is 9.01. The Labute approximate surface area is 145 Å². The summed E-state index contributed by atoms with van der Waals surface area (Å²) < 4.78 is 9.82. The molecule has 0 amide bonds. The molecule has 1 fully saturated rings. The number of piperazine rings is 1. The minimum absolute atomic E-state index is 0.102. The lowest BCUT2D eigenvalue weighted by Crippen LogP contribution is -2.47. The van der Waals surface area contributed by atoms with Gasteiger partial charge in [0, 0.05) is 37.7 Å². The molecule has 124 valence electrons. The van der Waals surface area contributed by atoms with Gasteiger partial charge in [0.05, 0.1) is 17.3 Å². The second-order valence-corrected chi connectivity index (χ2v) is 6.87. The molecule has 0 aliphatic carbocycles. The fourth-order valence-corrected chi connectivity index (χ4v) is 4.09. The van der Waals surface area contributed by atoms with E-state index < -0.39 is 5.97 Å². The molecule has 0 saturated carbocycles. The van der Waals surface area contributed by atoms with Crippen LogP contribution in [0.1, 0.15) is 10.6 Å². The lowest BCUT2D eigenvalue weighted by molar-refractivity contribution is 0.0587. The van der Waals surface area contributed by atoms with E-state index in [1.165, 1.54) is 18.6 Å². The topological polar surface area (TPSA) is 84.3 Å². The van der Waals surface area contributed by atoms with Gasteiger partial charge in [0.2, 0.25) is 11.0 Å². The van der Waals surface area contributed by atoms with E-state index in [-0.39, 0.29) is 5.82 Å². The van der Waals surface area contributed by atoms with Crippen LogP contribution in [-0.2, 0) is 4.74 Å². The van der Waals surface area contributed by atoms with Crippen molar-refractivity contribution in [1.29, 1.82) is 0 Å². The molecule has 24 heavy (non-hydrogen) atoms. The molecule has 3 aromatic rings. The maximum Gasteiger partial charge on any atom is 0.376 e. The number of hydrogen-bond donors (Lipinski definition) is 0. The van der Waals surface area contributed by atoms with Crippen molar-refractivity contribution >= 4 is 50.0 Å². The van der Waals surface area contributed by atoms with E-state index in [0.29, 0.717) is 0 Å². The van der Waals surface area contributed by atoms with Crippen molar-refractivity contribution < 1.29 is 9.53 Å². The third-order valence-electron chi connectivity index (χ3n) is 3.85. The van der Waals surface area contributed by atoms with Gasteiger partial charge in [-0.2, -0.15) is 4.37 Å². The Morgan fingerprint density at radius 3 is 2.71 bits per heavy atom. The number of esters is 1. The van der Waals surface area contributed by atoms with Crippen LogP contribution in [0.4, 0.5) is 10.9 Å². The van der Waals surface area contributed by atoms with Crippen LogP contribution >= 0.6 is 22.9 Å². The van der Waals surface area contributed by atoms with Crippen LogP contribution in [-0.4, -0.2) is 58.6 Å². The van der Waals surface area contributed by atoms with Crippen molar-refractivity contribution in [1.82, 2.24) is 19.3 Å². The second-order valence-electron chi connectivity index (χ2n) is 5.20. The van der Waals surface area contributed by atoms with Gasteiger partial charge in [-0.05, 0) is 11.4 Å². The predicted molar refractivity (Wildman–Crippen MR) is 93.1 cm³/mol. The van der Waals surface area contributed by atoms with Gasteiger partial charge in [0.25, 0.3) is 0 Å². The fraction of sp³-hybridized carbons (Fsp3) is 0.357. The van der Waals surface area contributed by atoms with Crippen molar-refractivity contribution in [3.05, 3.63) is 23.6 Å². The van der Waals surface area contributed by atoms with Crippen LogP contribution in [0.25, 0.3) is 10.2 Å². The average Bonchev–Trinajstić information content (AvgIpc) is 3.31. The van der Waals surface area contributed by atoms with Crippen molar-refractivity contribution in [2.75, 3.05) is 43.1 Å². The number of anilines is 2. The van der Waals surface area contributed by atoms with Crippen molar-refractivity contribution in [3.8, 4) is 0 Å². The molecule has 3 aromatic heterocycles. The number of hydrogen-bond acceptors (Lipinski definition) is 10. The number of aromatic nitrogens is 4. The highest BCUT2D eigenvalue weighted by atomic mass is 32.1. The summed E-state index contributed by atoms with van der Waals surface area (Å²) in [5, 5.41) is 2.90. The van der Waals surface area contributed by atoms with Gasteiger partial charge in [0.15, 0.2) is 5.82 Å². The number of carbonyl (C=O) groups excluding carboxylic acids is 1. The molecule has 0 bridgehead atoms. The molecule has 0 N–H and O–H groups in total. The number of thiophene rings is 1. The zero-order chi connectivity index (χ0) is 16.5. The molecule has 0 spiro atoms. The third kappa shape index (κ3) is 2.67. The van der Waals surface area contributed by atoms with E-state index in [2.05, 4.69) is 29.1 Å². The number of carbonyl (C=O) groups is 1. The van der Waals surface area contributed by atoms with E-state index in [4.69, 9.17) is 4.74 Å². The molecule has 0 atom stereocenters. The standard InChI is InChI=1S/C14H14N6O2S2/c1-22-13(21)11-17-9-2-7-23-10(9)12(18-11)19-3-5-20(6-4-19)14-15-8-16-24-14/h2,7-8H,3-6H2,1H3. The molecular formula is C14H14N6O2S2. The Kier molecular flexibility index (Phi) is 3.98. The summed E-state index contributed by atoms with van der Waals surface area (Å²) in [6.45, 7) is 3.26. The maximum atomic E-state index is 11.8. The number of fused-ring (bicyclic) bond motifs is 1. The zero-order valence-corrected chi connectivity index (χ0v) is 14.5. The highest BCUT2D eigenvalue weighted by Gasteiger charge is 2.24. The van der Waals surface area contributed by atoms with Gasteiger partial charge < -0.3 is 14.5 Å². The Bertz CT molecular complexity index is 857. The first kappa shape index (κ1) is 15.2. The van der Waals surface area contributed by atoms with Gasteiger partial charge in [-0.1, -0.05) is 0 Å². The Balaban J connectivity index is 1.62. The van der Waals surface area contributed by atoms with Gasteiger partial charge in [-0.25, -0.2) is 19.7 Å². The Morgan fingerprint density at radius 2 is 2.00 bits per heavy atom. The van der Waals surface area contributed by atoms with E-state index in [1.54, 1.807) is 17.7 Å². The SMILES string of the molecule is COC(=O)c1nc(N2CCN(c3ncns3)CC2)c2sccc2n1. The van der Waals surface area contributed by atoms with E-state index in [9.17, 15) is 4.79 Å². The largest absolute Gasteiger partial charge is 0.463 e. The van der Waals surface area contributed by atoms with Crippen LogP contribution in [0.5, 0.6) is 0 Å². The summed E-state index contributed by atoms with van der Waals surface area (Å²) in [6, 6.07) is 1.90. The highest BCUT2D eigenvalue weighted by Crippen LogP contribution is 2.30. The summed E-state index contributed by atoms with van der Waals surface area (Å²) >= 11 is 2.98. The lowest BCUT2D eigenvalue weighted by atomic mass is 10.3. The molecule has 4 heterocycles. The van der Waals surface area contributed by atoms with Crippen LogP contribution in [0.2, 0.25) is 0 Å². The highest BCUT2D eigenvalue weighted by molar-refractivity contribution is 7.17. The monoisotopic (exact) mass is 362 g/mol. The molecule has 0 radical (unpaired) electrons. The summed E-state index contributed by atoms with van der Waals surface area (Å²) in [7, 11) is 1.34. The number of ether oxygens (including phenoxy) is 1. The number of rotatable bonds is 3. The number of nitrogens with zero attached hydrogens (tertiary/aromatic N) is 6. The average molecular weight is 362 g/mol. The smallest absolute Gasteiger partial charge is 0.376 e. The first-order chi connectivity index (χ1) is 11.8. The molecule has 1 aliphatic rings. The quantitative estimate of drug-likeness (QED) is 0.651. The normalized spacial score (nSPS) is 15.0. The van der Waals surface area contributed by atoms with Crippen LogP contribution in [0, 0.1) is 0 Å². The van der Waals surface area contributed by atoms with Crippen molar-refractivity contribution in [2.45, 2.75) is 0 Å². The molecule has 1 saturated heterocycles. The second kappa shape index (κ2) is 6.29. The zero-order valence-electron chi connectivity index (χ0n) is 12.9. The molecule has 10 heteroatoms. The lowest BCUT2D eigenvalue weighted by Gasteiger charge is -2.35. The van der Waals surface area contributed by atoms with Crippen LogP contribution in [0.3, 0.4) is 0 Å². The van der Waals surface area contributed by atoms with Crippen molar-refractivity contribution in [3.63, 3.8) is 0 Å². The molecule has 1 aliphatic heterocycles. The molecule has 8 nitrogen and oxygen atoms in total. The summed E-state index contributed by atoms with van der Waals surface area (Å²) in [6.07, 6.45) is 1.58. The van der Waals surface area contributed by atoms with Gasteiger partial charge in [0.1, 0.15) is 6.33 Å². The van der Waals surface area contributed by atoms with Crippen molar-refractivity contribution in [2.24, 2.45) is 0 Å². The van der Waals surface area contributed by atoms with Crippen LogP contribution in [0.15, 0.2) is 17.8 Å². The molecule has 0 aromatic carbocycles.